The molecule has 2 nitrogen and oxygen atoms in total. The second-order valence-electron chi connectivity index (χ2n) is 6.78. The molecule has 1 N–H and O–H groups in total. The summed E-state index contributed by atoms with van der Waals surface area (Å²) in [5, 5.41) is 3.72. The molecular weight excluding hydrogens is 220 g/mol. The summed E-state index contributed by atoms with van der Waals surface area (Å²) in [7, 11) is 2.25. The van der Waals surface area contributed by atoms with E-state index in [9.17, 15) is 0 Å². The molecule has 0 aromatic carbocycles. The molecule has 0 aromatic heterocycles. The van der Waals surface area contributed by atoms with Gasteiger partial charge >= 0.3 is 0 Å². The Balaban J connectivity index is 1.28. The largest absolute Gasteiger partial charge is 0.316 e. The van der Waals surface area contributed by atoms with Gasteiger partial charge in [0.2, 0.25) is 0 Å². The monoisotopic (exact) mass is 248 g/mol. The van der Waals surface area contributed by atoms with Gasteiger partial charge in [0.15, 0.2) is 0 Å². The first-order chi connectivity index (χ1) is 8.81. The molecule has 2 bridgehead atoms. The van der Waals surface area contributed by atoms with Crippen molar-refractivity contribution in [3.05, 3.63) is 12.2 Å². The van der Waals surface area contributed by atoms with E-state index in [1.807, 2.05) is 0 Å². The molecule has 0 radical (unpaired) electrons. The molecule has 0 amide bonds. The van der Waals surface area contributed by atoms with Crippen LogP contribution in [0.4, 0.5) is 0 Å². The van der Waals surface area contributed by atoms with Gasteiger partial charge in [-0.3, -0.25) is 0 Å². The fourth-order valence-corrected chi connectivity index (χ4v) is 4.07. The van der Waals surface area contributed by atoms with Gasteiger partial charge in [0.25, 0.3) is 0 Å². The Hall–Kier alpha value is -0.340. The van der Waals surface area contributed by atoms with Gasteiger partial charge in [-0.15, -0.1) is 0 Å². The number of piperidine rings is 1. The molecule has 3 aliphatic rings. The second-order valence-corrected chi connectivity index (χ2v) is 6.78. The van der Waals surface area contributed by atoms with Crippen LogP contribution in [0.2, 0.25) is 0 Å². The molecule has 2 aliphatic carbocycles. The summed E-state index contributed by atoms with van der Waals surface area (Å²) >= 11 is 0. The third-order valence-corrected chi connectivity index (χ3v) is 5.39. The van der Waals surface area contributed by atoms with Crippen LogP contribution in [-0.2, 0) is 0 Å². The Morgan fingerprint density at radius 1 is 1.17 bits per heavy atom. The zero-order valence-corrected chi connectivity index (χ0v) is 11.8. The minimum absolute atomic E-state index is 0.908. The summed E-state index contributed by atoms with van der Waals surface area (Å²) in [6.45, 7) is 5.12. The average molecular weight is 248 g/mol. The van der Waals surface area contributed by atoms with Crippen molar-refractivity contribution in [2.45, 2.75) is 32.1 Å². The molecule has 3 atom stereocenters. The molecule has 3 unspecified atom stereocenters. The highest BCUT2D eigenvalue weighted by Gasteiger charge is 2.34. The molecule has 3 rings (SSSR count). The van der Waals surface area contributed by atoms with Crippen molar-refractivity contribution in [2.24, 2.45) is 23.7 Å². The molecule has 1 saturated carbocycles. The van der Waals surface area contributed by atoms with Gasteiger partial charge in [-0.25, -0.2) is 0 Å². The van der Waals surface area contributed by atoms with Gasteiger partial charge in [-0.05, 0) is 89.0 Å². The maximum atomic E-state index is 3.72. The number of hydrogen-bond donors (Lipinski definition) is 1. The number of allylic oxidation sites excluding steroid dienone is 2. The number of likely N-dealkylation sites (tertiary alicyclic amines) is 1. The first-order valence-corrected chi connectivity index (χ1v) is 7.89. The number of nitrogens with zero attached hydrogens (tertiary/aromatic N) is 1. The average Bonchev–Trinajstić information content (AvgIpc) is 2.99. The van der Waals surface area contributed by atoms with Gasteiger partial charge in [0, 0.05) is 0 Å². The number of fused-ring (bicyclic) bond motifs is 2. The first kappa shape index (κ1) is 12.7. The topological polar surface area (TPSA) is 15.3 Å². The van der Waals surface area contributed by atoms with E-state index in [1.165, 1.54) is 58.3 Å². The summed E-state index contributed by atoms with van der Waals surface area (Å²) in [5.41, 5.74) is 0. The molecule has 1 heterocycles. The van der Waals surface area contributed by atoms with E-state index in [0.29, 0.717) is 0 Å². The Labute approximate surface area is 112 Å². The molecule has 0 aromatic rings. The molecular formula is C16H28N2. The Morgan fingerprint density at radius 3 is 2.67 bits per heavy atom. The minimum Gasteiger partial charge on any atom is -0.316 e. The summed E-state index contributed by atoms with van der Waals surface area (Å²) in [5.74, 6) is 3.76. The van der Waals surface area contributed by atoms with E-state index < -0.39 is 0 Å². The molecule has 1 aliphatic heterocycles. The molecule has 2 heteroatoms. The van der Waals surface area contributed by atoms with E-state index in [4.69, 9.17) is 0 Å². The fraction of sp³-hybridized carbons (Fsp3) is 0.875. The minimum atomic E-state index is 0.908. The summed E-state index contributed by atoms with van der Waals surface area (Å²) in [6.07, 6.45) is 12.0. The number of hydrogen-bond acceptors (Lipinski definition) is 2. The van der Waals surface area contributed by atoms with Crippen molar-refractivity contribution in [2.75, 3.05) is 33.2 Å². The lowest BCUT2D eigenvalue weighted by Crippen LogP contribution is -2.32. The van der Waals surface area contributed by atoms with E-state index in [-0.39, 0.29) is 0 Å². The lowest BCUT2D eigenvalue weighted by atomic mass is 9.92. The quantitative estimate of drug-likeness (QED) is 0.594. The van der Waals surface area contributed by atoms with E-state index in [2.05, 4.69) is 29.4 Å². The van der Waals surface area contributed by atoms with Crippen LogP contribution in [0, 0.1) is 23.7 Å². The second kappa shape index (κ2) is 5.75. The Bertz CT molecular complexity index is 291. The van der Waals surface area contributed by atoms with Crippen molar-refractivity contribution < 1.29 is 0 Å². The smallest absolute Gasteiger partial charge is 0.00147 e. The standard InChI is InChI=1S/C16H28N2/c1-18-8-5-13(6-9-18)4-7-17-12-16-11-14-2-3-15(16)10-14/h2-3,13-17H,4-12H2,1H3. The zero-order valence-electron chi connectivity index (χ0n) is 11.8. The van der Waals surface area contributed by atoms with Gasteiger partial charge in [-0.2, -0.15) is 0 Å². The number of nitrogens with one attached hydrogen (secondary N) is 1. The first-order valence-electron chi connectivity index (χ1n) is 7.89. The van der Waals surface area contributed by atoms with Crippen LogP contribution in [0.1, 0.15) is 32.1 Å². The Morgan fingerprint density at radius 2 is 2.00 bits per heavy atom. The van der Waals surface area contributed by atoms with Crippen LogP contribution >= 0.6 is 0 Å². The Kier molecular flexibility index (Phi) is 4.05. The third kappa shape index (κ3) is 2.97. The van der Waals surface area contributed by atoms with Crippen LogP contribution in [0.25, 0.3) is 0 Å². The van der Waals surface area contributed by atoms with E-state index in [0.717, 1.165) is 23.7 Å². The highest BCUT2D eigenvalue weighted by atomic mass is 15.1. The van der Waals surface area contributed by atoms with Crippen LogP contribution < -0.4 is 5.32 Å². The summed E-state index contributed by atoms with van der Waals surface area (Å²) < 4.78 is 0. The number of rotatable bonds is 5. The predicted molar refractivity (Wildman–Crippen MR) is 76.6 cm³/mol. The SMILES string of the molecule is CN1CCC(CCNCC2CC3C=CC2C3)CC1. The molecule has 0 spiro atoms. The van der Waals surface area contributed by atoms with Gasteiger partial charge in [-0.1, -0.05) is 12.2 Å². The highest BCUT2D eigenvalue weighted by molar-refractivity contribution is 5.10. The van der Waals surface area contributed by atoms with Crippen molar-refractivity contribution in [1.82, 2.24) is 10.2 Å². The predicted octanol–water partition coefficient (Wildman–Crippen LogP) is 2.52. The zero-order chi connectivity index (χ0) is 12.4. The van der Waals surface area contributed by atoms with Gasteiger partial charge < -0.3 is 10.2 Å². The van der Waals surface area contributed by atoms with Crippen molar-refractivity contribution in [1.29, 1.82) is 0 Å². The maximum Gasteiger partial charge on any atom is -0.00147 e. The lowest BCUT2D eigenvalue weighted by molar-refractivity contribution is 0.211. The van der Waals surface area contributed by atoms with Crippen molar-refractivity contribution in [3.63, 3.8) is 0 Å². The van der Waals surface area contributed by atoms with Crippen molar-refractivity contribution >= 4 is 0 Å². The van der Waals surface area contributed by atoms with Gasteiger partial charge in [0.05, 0.1) is 0 Å². The molecule has 102 valence electrons. The van der Waals surface area contributed by atoms with Crippen LogP contribution in [-0.4, -0.2) is 38.1 Å². The summed E-state index contributed by atoms with van der Waals surface area (Å²) in [6, 6.07) is 0. The van der Waals surface area contributed by atoms with Crippen LogP contribution in [0.15, 0.2) is 12.2 Å². The van der Waals surface area contributed by atoms with Gasteiger partial charge in [0.1, 0.15) is 0 Å². The lowest BCUT2D eigenvalue weighted by Gasteiger charge is -2.29. The summed E-state index contributed by atoms with van der Waals surface area (Å²) in [4.78, 5) is 2.46. The normalized spacial score (nSPS) is 36.6. The fourth-order valence-electron chi connectivity index (χ4n) is 4.07. The highest BCUT2D eigenvalue weighted by Crippen LogP contribution is 2.42. The molecule has 1 saturated heterocycles. The molecule has 2 fully saturated rings. The maximum absolute atomic E-state index is 3.72. The van der Waals surface area contributed by atoms with Crippen LogP contribution in [0.3, 0.4) is 0 Å². The van der Waals surface area contributed by atoms with Crippen molar-refractivity contribution in [3.8, 4) is 0 Å². The molecule has 18 heavy (non-hydrogen) atoms. The van der Waals surface area contributed by atoms with Crippen LogP contribution in [0.5, 0.6) is 0 Å². The third-order valence-electron chi connectivity index (χ3n) is 5.39. The van der Waals surface area contributed by atoms with E-state index >= 15 is 0 Å². The van der Waals surface area contributed by atoms with E-state index in [1.54, 1.807) is 0 Å².